The first-order chi connectivity index (χ1) is 9.75. The van der Waals surface area contributed by atoms with Crippen molar-refractivity contribution in [3.05, 3.63) is 83.1 Å². The highest BCUT2D eigenvalue weighted by Crippen LogP contribution is 2.34. The summed E-state index contributed by atoms with van der Waals surface area (Å²) >= 11 is 3.45. The van der Waals surface area contributed by atoms with Crippen LogP contribution >= 0.6 is 15.9 Å². The number of benzene rings is 3. The first-order valence-electron chi connectivity index (χ1n) is 6.35. The molecule has 3 aromatic rings. The summed E-state index contributed by atoms with van der Waals surface area (Å²) in [6, 6.07) is 23.0. The van der Waals surface area contributed by atoms with Crippen LogP contribution in [0.3, 0.4) is 0 Å². The highest BCUT2D eigenvalue weighted by atomic mass is 79.9. The van der Waals surface area contributed by atoms with Crippen molar-refractivity contribution in [2.45, 2.75) is 0 Å². The quantitative estimate of drug-likeness (QED) is 0.548. The Labute approximate surface area is 126 Å². The number of hydrogen-bond acceptors (Lipinski definition) is 0. The van der Waals surface area contributed by atoms with Gasteiger partial charge < -0.3 is 0 Å². The van der Waals surface area contributed by atoms with Crippen LogP contribution in [0.5, 0.6) is 0 Å². The van der Waals surface area contributed by atoms with E-state index in [0.29, 0.717) is 5.56 Å². The van der Waals surface area contributed by atoms with Gasteiger partial charge >= 0.3 is 0 Å². The molecule has 0 aromatic heterocycles. The second-order valence-electron chi connectivity index (χ2n) is 4.54. The van der Waals surface area contributed by atoms with Gasteiger partial charge in [0.1, 0.15) is 5.82 Å². The van der Waals surface area contributed by atoms with E-state index < -0.39 is 0 Å². The lowest BCUT2D eigenvalue weighted by atomic mass is 9.98. The molecule has 20 heavy (non-hydrogen) atoms. The minimum Gasteiger partial charge on any atom is -0.206 e. The Morgan fingerprint density at radius 2 is 1.15 bits per heavy atom. The Hall–Kier alpha value is -1.93. The van der Waals surface area contributed by atoms with E-state index in [9.17, 15) is 4.39 Å². The molecule has 3 rings (SSSR count). The van der Waals surface area contributed by atoms with E-state index in [-0.39, 0.29) is 5.82 Å². The van der Waals surface area contributed by atoms with Gasteiger partial charge in [-0.15, -0.1) is 0 Å². The van der Waals surface area contributed by atoms with Crippen LogP contribution in [0, 0.1) is 5.82 Å². The molecule has 0 saturated carbocycles. The molecule has 0 bridgehead atoms. The maximum Gasteiger partial charge on any atom is 0.132 e. The van der Waals surface area contributed by atoms with Crippen LogP contribution in [-0.4, -0.2) is 0 Å². The molecule has 0 spiro atoms. The highest BCUT2D eigenvalue weighted by molar-refractivity contribution is 9.10. The average Bonchev–Trinajstić information content (AvgIpc) is 2.49. The van der Waals surface area contributed by atoms with Crippen molar-refractivity contribution in [2.24, 2.45) is 0 Å². The normalized spacial score (nSPS) is 10.5. The fraction of sp³-hybridized carbons (Fsp3) is 0. The monoisotopic (exact) mass is 326 g/mol. The highest BCUT2D eigenvalue weighted by Gasteiger charge is 2.11. The van der Waals surface area contributed by atoms with Gasteiger partial charge in [-0.05, 0) is 28.8 Å². The lowest BCUT2D eigenvalue weighted by molar-refractivity contribution is 0.630. The molecule has 0 atom stereocenters. The molecule has 98 valence electrons. The lowest BCUT2D eigenvalue weighted by Crippen LogP contribution is -1.88. The zero-order valence-electron chi connectivity index (χ0n) is 10.7. The van der Waals surface area contributed by atoms with Gasteiger partial charge in [-0.25, -0.2) is 4.39 Å². The summed E-state index contributed by atoms with van der Waals surface area (Å²) in [5.74, 6) is -0.220. The van der Waals surface area contributed by atoms with Crippen LogP contribution in [0.15, 0.2) is 77.3 Å². The molecule has 0 radical (unpaired) electrons. The van der Waals surface area contributed by atoms with Crippen LogP contribution < -0.4 is 0 Å². The minimum absolute atomic E-state index is 0.220. The van der Waals surface area contributed by atoms with Gasteiger partial charge in [0.2, 0.25) is 0 Å². The van der Waals surface area contributed by atoms with E-state index in [1.165, 1.54) is 6.07 Å². The summed E-state index contributed by atoms with van der Waals surface area (Å²) in [5.41, 5.74) is 3.56. The zero-order chi connectivity index (χ0) is 13.9. The van der Waals surface area contributed by atoms with Crippen molar-refractivity contribution in [1.29, 1.82) is 0 Å². The predicted molar refractivity (Wildman–Crippen MR) is 85.0 cm³/mol. The molecule has 0 saturated heterocycles. The van der Waals surface area contributed by atoms with Crippen LogP contribution in [0.1, 0.15) is 0 Å². The Bertz CT molecular complexity index is 660. The SMILES string of the molecule is Fc1cc(Br)c(-c2ccccc2)cc1-c1ccccc1. The lowest BCUT2D eigenvalue weighted by Gasteiger charge is -2.10. The van der Waals surface area contributed by atoms with Gasteiger partial charge in [-0.2, -0.15) is 0 Å². The Morgan fingerprint density at radius 3 is 1.70 bits per heavy atom. The largest absolute Gasteiger partial charge is 0.206 e. The van der Waals surface area contributed by atoms with Gasteiger partial charge in [-0.1, -0.05) is 76.6 Å². The molecule has 0 aliphatic rings. The molecule has 0 aliphatic heterocycles. The smallest absolute Gasteiger partial charge is 0.132 e. The molecular formula is C18H12BrF. The van der Waals surface area contributed by atoms with Crippen molar-refractivity contribution in [2.75, 3.05) is 0 Å². The van der Waals surface area contributed by atoms with E-state index in [1.54, 1.807) is 0 Å². The molecule has 0 fully saturated rings. The summed E-state index contributed by atoms with van der Waals surface area (Å²) in [6.45, 7) is 0. The van der Waals surface area contributed by atoms with Gasteiger partial charge in [-0.3, -0.25) is 0 Å². The van der Waals surface area contributed by atoms with Gasteiger partial charge in [0, 0.05) is 10.0 Å². The van der Waals surface area contributed by atoms with Crippen molar-refractivity contribution in [3.63, 3.8) is 0 Å². The van der Waals surface area contributed by atoms with Crippen molar-refractivity contribution < 1.29 is 4.39 Å². The van der Waals surface area contributed by atoms with Gasteiger partial charge in [0.15, 0.2) is 0 Å². The molecule has 0 heterocycles. The Morgan fingerprint density at radius 1 is 0.650 bits per heavy atom. The third-order valence-electron chi connectivity index (χ3n) is 3.23. The Kier molecular flexibility index (Phi) is 3.66. The summed E-state index contributed by atoms with van der Waals surface area (Å²) in [7, 11) is 0. The predicted octanol–water partition coefficient (Wildman–Crippen LogP) is 5.92. The molecule has 0 nitrogen and oxygen atoms in total. The van der Waals surface area contributed by atoms with Crippen LogP contribution in [0.25, 0.3) is 22.3 Å². The van der Waals surface area contributed by atoms with Gasteiger partial charge in [0.25, 0.3) is 0 Å². The summed E-state index contributed by atoms with van der Waals surface area (Å²) in [4.78, 5) is 0. The van der Waals surface area contributed by atoms with E-state index >= 15 is 0 Å². The maximum absolute atomic E-state index is 14.2. The second kappa shape index (κ2) is 5.59. The summed E-state index contributed by atoms with van der Waals surface area (Å²) < 4.78 is 15.0. The van der Waals surface area contributed by atoms with E-state index in [4.69, 9.17) is 0 Å². The van der Waals surface area contributed by atoms with Crippen LogP contribution in [0.4, 0.5) is 4.39 Å². The average molecular weight is 327 g/mol. The van der Waals surface area contributed by atoms with Crippen molar-refractivity contribution in [1.82, 2.24) is 0 Å². The molecule has 0 amide bonds. The first kappa shape index (κ1) is 13.1. The fourth-order valence-corrected chi connectivity index (χ4v) is 2.77. The van der Waals surface area contributed by atoms with Crippen molar-refractivity contribution >= 4 is 15.9 Å². The topological polar surface area (TPSA) is 0 Å². The Balaban J connectivity index is 2.19. The molecule has 0 aliphatic carbocycles. The molecule has 0 N–H and O–H groups in total. The van der Waals surface area contributed by atoms with E-state index in [2.05, 4.69) is 15.9 Å². The summed E-state index contributed by atoms with van der Waals surface area (Å²) in [6.07, 6.45) is 0. The summed E-state index contributed by atoms with van der Waals surface area (Å²) in [5, 5.41) is 0. The first-order valence-corrected chi connectivity index (χ1v) is 7.15. The third-order valence-corrected chi connectivity index (χ3v) is 3.88. The van der Waals surface area contributed by atoms with Crippen LogP contribution in [-0.2, 0) is 0 Å². The fourth-order valence-electron chi connectivity index (χ4n) is 2.23. The number of halogens is 2. The number of hydrogen-bond donors (Lipinski definition) is 0. The standard InChI is InChI=1S/C18H12BrF/c19-17-12-18(20)16(14-9-5-2-6-10-14)11-15(17)13-7-3-1-4-8-13/h1-12H. The molecule has 2 heteroatoms. The van der Waals surface area contributed by atoms with E-state index in [1.807, 2.05) is 66.7 Å². The maximum atomic E-state index is 14.2. The zero-order valence-corrected chi connectivity index (χ0v) is 12.3. The molecular weight excluding hydrogens is 315 g/mol. The van der Waals surface area contributed by atoms with Gasteiger partial charge in [0.05, 0.1) is 0 Å². The van der Waals surface area contributed by atoms with Crippen LogP contribution in [0.2, 0.25) is 0 Å². The third kappa shape index (κ3) is 2.52. The molecule has 3 aromatic carbocycles. The number of rotatable bonds is 2. The second-order valence-corrected chi connectivity index (χ2v) is 5.40. The van der Waals surface area contributed by atoms with E-state index in [0.717, 1.165) is 21.2 Å². The molecule has 0 unspecified atom stereocenters. The minimum atomic E-state index is -0.220. The van der Waals surface area contributed by atoms with Crippen molar-refractivity contribution in [3.8, 4) is 22.3 Å².